The lowest BCUT2D eigenvalue weighted by Gasteiger charge is -2.40. The molecule has 0 atom stereocenters. The highest BCUT2D eigenvalue weighted by atomic mass is 32.5. The fraction of sp³-hybridized carbons (Fsp3) is 0.323. The first kappa shape index (κ1) is 107. The number of halogens is 7. The number of unbranched alkanes of at least 4 members (excludes halogenated alkanes) is 11. The van der Waals surface area contributed by atoms with Crippen LogP contribution in [-0.2, 0) is 88.6 Å². The lowest BCUT2D eigenvalue weighted by atomic mass is 9.90. The Morgan fingerprint density at radius 1 is 0.176 bits per heavy atom. The number of ether oxygens (including phenoxy) is 1. The quantitative estimate of drug-likeness (QED) is 0.0273. The SMILES string of the molecule is CCCCc1ccc(-c2ccc(-c3ccc(CCCC)cc3)c(CCCCCCc3cc(-c4ccc(CCCC)cc4)ccc3-c3ccc(CCCC)cc3)c2)cc1.CCCCc1ccc(-c2ccc(-c3ccc(CCCC)cc3)c(COCc3cc(-c4ccc(CCCC)cc4)ccc3-c3ccc(CCCC)cc3)c2)cc1.CCCc1ccc(-c2cc(F)c(-c3ccc(S(F)(F)(F)(F)F)cc3)c(F)c2)cc1. The van der Waals surface area contributed by atoms with E-state index in [4.69, 9.17) is 4.74 Å². The molecule has 0 saturated carbocycles. The molecule has 0 aromatic heterocycles. The largest absolute Gasteiger partial charge is 0.372 e. The molecule has 0 spiro atoms. The molecule has 0 radical (unpaired) electrons. The summed E-state index contributed by atoms with van der Waals surface area (Å²) in [5.41, 5.74) is 38.6. The molecule has 15 aromatic rings. The van der Waals surface area contributed by atoms with Crippen LogP contribution in [-0.4, -0.2) is 0 Å². The highest BCUT2D eigenvalue weighted by Crippen LogP contribution is 3.02. The fourth-order valence-electron chi connectivity index (χ4n) is 19.1. The minimum absolute atomic E-state index is 0.135. The molecule has 0 bridgehead atoms. The van der Waals surface area contributed by atoms with Crippen LogP contribution in [0.15, 0.2) is 332 Å². The van der Waals surface area contributed by atoms with Gasteiger partial charge in [0, 0.05) is 0 Å². The van der Waals surface area contributed by atoms with Crippen LogP contribution in [0, 0.1) is 11.6 Å². The van der Waals surface area contributed by atoms with Crippen LogP contribution < -0.4 is 0 Å². The maximum absolute atomic E-state index is 14.6. The second kappa shape index (κ2) is 52.9. The van der Waals surface area contributed by atoms with Gasteiger partial charge in [0.05, 0.1) is 18.8 Å². The number of benzene rings is 15. The molecule has 0 unspecified atom stereocenters. The summed E-state index contributed by atoms with van der Waals surface area (Å²) in [5, 5.41) is 0. The Bertz CT molecular complexity index is 6060. The number of hydrogen-bond acceptors (Lipinski definition) is 1. The average Bonchev–Trinajstić information content (AvgIpc) is 0.724. The summed E-state index contributed by atoms with van der Waals surface area (Å²) in [6.07, 6.45) is 37.9. The van der Waals surface area contributed by atoms with E-state index in [1.54, 1.807) is 12.1 Å². The van der Waals surface area contributed by atoms with Crippen molar-refractivity contribution in [1.82, 2.24) is 0 Å². The van der Waals surface area contributed by atoms with E-state index in [0.717, 1.165) is 69.1 Å². The summed E-state index contributed by atoms with van der Waals surface area (Å²) in [5.74, 6) is -2.00. The number of hydrogen-bond donors (Lipinski definition) is 0. The van der Waals surface area contributed by atoms with Gasteiger partial charge in [0.2, 0.25) is 0 Å². The van der Waals surface area contributed by atoms with Gasteiger partial charge in [-0.25, -0.2) is 8.78 Å². The third kappa shape index (κ3) is 31.6. The summed E-state index contributed by atoms with van der Waals surface area (Å²) in [4.78, 5) is -2.11. The van der Waals surface area contributed by atoms with Crippen molar-refractivity contribution in [3.63, 3.8) is 0 Å². The summed E-state index contributed by atoms with van der Waals surface area (Å²) in [7, 11) is -9.85. The van der Waals surface area contributed by atoms with Crippen molar-refractivity contribution in [1.29, 1.82) is 0 Å². The Balaban J connectivity index is 0.000000189. The fourth-order valence-corrected chi connectivity index (χ4v) is 19.7. The van der Waals surface area contributed by atoms with E-state index in [9.17, 15) is 28.2 Å². The van der Waals surface area contributed by atoms with E-state index in [-0.39, 0.29) is 23.3 Å². The smallest absolute Gasteiger partial charge is 0.310 e. The molecular formula is C133H149F7OS. The monoisotopic (exact) mass is 1930 g/mol. The van der Waals surface area contributed by atoms with Crippen LogP contribution in [0.1, 0.15) is 269 Å². The molecule has 142 heavy (non-hydrogen) atoms. The van der Waals surface area contributed by atoms with Crippen molar-refractivity contribution in [2.75, 3.05) is 0 Å². The molecular weight excluding hydrogens is 1780 g/mol. The van der Waals surface area contributed by atoms with Gasteiger partial charge in [-0.05, 0) is 349 Å². The molecule has 742 valence electrons. The second-order valence-electron chi connectivity index (χ2n) is 39.1. The van der Waals surface area contributed by atoms with Gasteiger partial charge >= 0.3 is 10.2 Å². The highest BCUT2D eigenvalue weighted by molar-refractivity contribution is 8.45. The molecule has 0 aliphatic heterocycles. The normalized spacial score (nSPS) is 11.9. The second-order valence-corrected chi connectivity index (χ2v) is 41.5. The molecule has 15 rings (SSSR count). The zero-order valence-electron chi connectivity index (χ0n) is 85.7. The first-order chi connectivity index (χ1) is 68.9. The summed E-state index contributed by atoms with van der Waals surface area (Å²) < 4.78 is 100.0. The van der Waals surface area contributed by atoms with Crippen molar-refractivity contribution in [3.05, 3.63) is 412 Å². The topological polar surface area (TPSA) is 9.23 Å². The molecule has 0 saturated heterocycles. The van der Waals surface area contributed by atoms with Crippen molar-refractivity contribution in [2.24, 2.45) is 0 Å². The van der Waals surface area contributed by atoms with Gasteiger partial charge in [0.1, 0.15) is 16.5 Å². The predicted molar refractivity (Wildman–Crippen MR) is 595 cm³/mol. The number of aryl methyl sites for hydroxylation is 11. The first-order valence-corrected chi connectivity index (χ1v) is 55.2. The number of rotatable bonds is 48. The summed E-state index contributed by atoms with van der Waals surface area (Å²) in [6.45, 7) is 21.2. The van der Waals surface area contributed by atoms with Gasteiger partial charge in [-0.2, -0.15) is 0 Å². The van der Waals surface area contributed by atoms with Gasteiger partial charge in [-0.3, -0.25) is 0 Å². The van der Waals surface area contributed by atoms with Crippen LogP contribution in [0.4, 0.5) is 28.2 Å². The lowest BCUT2D eigenvalue weighted by Crippen LogP contribution is -2.05. The zero-order chi connectivity index (χ0) is 100. The van der Waals surface area contributed by atoms with Crippen molar-refractivity contribution >= 4 is 10.2 Å². The molecule has 0 amide bonds. The van der Waals surface area contributed by atoms with Crippen molar-refractivity contribution in [2.45, 2.75) is 286 Å². The summed E-state index contributed by atoms with van der Waals surface area (Å²) in [6, 6.07) is 113. The van der Waals surface area contributed by atoms with Crippen LogP contribution in [0.2, 0.25) is 0 Å². The maximum Gasteiger partial charge on any atom is 0.310 e. The lowest BCUT2D eigenvalue weighted by molar-refractivity contribution is 0.108. The zero-order valence-corrected chi connectivity index (χ0v) is 86.5. The van der Waals surface area contributed by atoms with E-state index in [2.05, 4.69) is 322 Å². The molecule has 0 aliphatic carbocycles. The van der Waals surface area contributed by atoms with Gasteiger partial charge < -0.3 is 4.74 Å². The standard InChI is InChI=1S/C58H70.C54H62O.C21H17F7S/c1-5-9-17-45-23-31-49(32-24-45)53-39-41-57(51-35-27-47(28-36-51)19-11-7-3)55(43-53)21-15-13-14-16-22-56-44-54(50-33-25-46(26-34-50)18-10-6-2)40-42-58(56)52-37-29-48(30-38-52)20-12-8-4;1-5-9-13-41-17-25-45(26-18-41)49-33-35-53(47-29-21-43(22-30-47)15-11-7-3)51(37-49)39-55-40-52-38-50(46-27-19-42(20-28-46)14-10-6-2)34-36-54(52)48-31-23-44(24-32-48)16-12-8-4;1-2-3-14-4-6-15(7-5-14)17-12-19(22)21(20(23)13-17)16-8-10-18(11-9-16)29(24,25,26,27)28/h23-44H,5-22H2,1-4H3;17-38H,5-16,39-40H2,1-4H3;4-13H,2-3H2,1H3. The predicted octanol–water partition coefficient (Wildman–Crippen LogP) is 41.4. The van der Waals surface area contributed by atoms with Gasteiger partial charge in [-0.1, -0.05) is 444 Å². The van der Waals surface area contributed by atoms with E-state index < -0.39 is 32.3 Å². The first-order valence-electron chi connectivity index (χ1n) is 53.2. The molecule has 0 heterocycles. The highest BCUT2D eigenvalue weighted by Gasteiger charge is 2.65. The van der Waals surface area contributed by atoms with Gasteiger partial charge in [0.25, 0.3) is 0 Å². The average molecular weight is 1930 g/mol. The molecule has 0 aliphatic rings. The third-order valence-corrected chi connectivity index (χ3v) is 29.0. The molecule has 1 nitrogen and oxygen atoms in total. The van der Waals surface area contributed by atoms with E-state index in [1.165, 1.54) is 310 Å². The van der Waals surface area contributed by atoms with Crippen LogP contribution in [0.5, 0.6) is 0 Å². The minimum atomic E-state index is -9.85. The van der Waals surface area contributed by atoms with E-state index >= 15 is 0 Å². The summed E-state index contributed by atoms with van der Waals surface area (Å²) >= 11 is 0. The Labute approximate surface area is 846 Å². The minimum Gasteiger partial charge on any atom is -0.372 e. The maximum atomic E-state index is 14.6. The van der Waals surface area contributed by atoms with E-state index in [1.807, 2.05) is 19.1 Å². The third-order valence-electron chi connectivity index (χ3n) is 27.8. The van der Waals surface area contributed by atoms with Crippen LogP contribution >= 0.6 is 10.2 Å². The van der Waals surface area contributed by atoms with Crippen LogP contribution in [0.25, 0.3) is 111 Å². The van der Waals surface area contributed by atoms with Crippen molar-refractivity contribution < 1.29 is 32.9 Å². The molecule has 0 fully saturated rings. The van der Waals surface area contributed by atoms with Crippen LogP contribution in [0.3, 0.4) is 0 Å². The molecule has 0 N–H and O–H groups in total. The Morgan fingerprint density at radius 2 is 0.380 bits per heavy atom. The van der Waals surface area contributed by atoms with E-state index in [0.29, 0.717) is 30.9 Å². The Morgan fingerprint density at radius 3 is 0.613 bits per heavy atom. The van der Waals surface area contributed by atoms with Crippen molar-refractivity contribution in [3.8, 4) is 111 Å². The Hall–Kier alpha value is -11.9. The molecule has 15 aromatic carbocycles. The van der Waals surface area contributed by atoms with Gasteiger partial charge in [0.15, 0.2) is 0 Å². The molecule has 9 heteroatoms. The Kier molecular flexibility index (Phi) is 40.0. The van der Waals surface area contributed by atoms with Gasteiger partial charge in [-0.15, -0.1) is 0 Å².